The van der Waals surface area contributed by atoms with Crippen LogP contribution in [0.15, 0.2) is 48.7 Å². The molecule has 0 aliphatic rings. The van der Waals surface area contributed by atoms with Gasteiger partial charge in [-0.1, -0.05) is 35.9 Å². The van der Waals surface area contributed by atoms with Gasteiger partial charge in [-0.15, -0.1) is 0 Å². The third-order valence-electron chi connectivity index (χ3n) is 3.82. The summed E-state index contributed by atoms with van der Waals surface area (Å²) in [6.45, 7) is 0. The highest BCUT2D eigenvalue weighted by molar-refractivity contribution is 6.32. The third-order valence-corrected chi connectivity index (χ3v) is 4.11. The lowest BCUT2D eigenvalue weighted by molar-refractivity contribution is -0.115. The van der Waals surface area contributed by atoms with Crippen molar-refractivity contribution in [1.29, 1.82) is 0 Å². The summed E-state index contributed by atoms with van der Waals surface area (Å²) in [6.07, 6.45) is 1.91. The highest BCUT2D eigenvalue weighted by Gasteiger charge is 2.14. The predicted octanol–water partition coefficient (Wildman–Crippen LogP) is 4.09. The molecular weight excluding hydrogens is 340 g/mol. The lowest BCUT2D eigenvalue weighted by Gasteiger charge is -2.13. The van der Waals surface area contributed by atoms with Crippen LogP contribution in [-0.4, -0.2) is 25.1 Å². The van der Waals surface area contributed by atoms with Crippen molar-refractivity contribution < 1.29 is 14.3 Å². The summed E-state index contributed by atoms with van der Waals surface area (Å²) in [5, 5.41) is 4.23. The Bertz CT molecular complexity index is 922. The molecule has 2 aromatic carbocycles. The molecule has 0 unspecified atom stereocenters. The van der Waals surface area contributed by atoms with Gasteiger partial charge in [-0.3, -0.25) is 9.78 Å². The van der Waals surface area contributed by atoms with E-state index in [1.54, 1.807) is 18.3 Å². The van der Waals surface area contributed by atoms with Crippen LogP contribution in [-0.2, 0) is 11.2 Å². The van der Waals surface area contributed by atoms with Crippen molar-refractivity contribution in [1.82, 2.24) is 4.98 Å². The Labute approximate surface area is 150 Å². The Morgan fingerprint density at radius 1 is 1.12 bits per heavy atom. The molecule has 1 N–H and O–H groups in total. The number of anilines is 1. The van der Waals surface area contributed by atoms with Gasteiger partial charge in [0.1, 0.15) is 11.5 Å². The molecule has 0 saturated carbocycles. The van der Waals surface area contributed by atoms with Crippen molar-refractivity contribution in [2.24, 2.45) is 0 Å². The number of hydrogen-bond donors (Lipinski definition) is 1. The van der Waals surface area contributed by atoms with Crippen LogP contribution >= 0.6 is 11.6 Å². The number of aromatic nitrogens is 1. The summed E-state index contributed by atoms with van der Waals surface area (Å²) in [4.78, 5) is 16.9. The number of nitrogens with zero attached hydrogens (tertiary/aromatic N) is 1. The molecule has 6 heteroatoms. The number of benzene rings is 2. The fourth-order valence-electron chi connectivity index (χ4n) is 2.64. The predicted molar refractivity (Wildman–Crippen MR) is 98.6 cm³/mol. The minimum atomic E-state index is -0.183. The molecule has 0 atom stereocenters. The van der Waals surface area contributed by atoms with Crippen molar-refractivity contribution in [2.75, 3.05) is 19.5 Å². The summed E-state index contributed by atoms with van der Waals surface area (Å²) in [6, 6.07) is 12.9. The molecular formula is C19H17ClN2O3. The normalized spacial score (nSPS) is 10.5. The summed E-state index contributed by atoms with van der Waals surface area (Å²) in [5.41, 5.74) is 2.17. The Kier molecular flexibility index (Phi) is 5.05. The number of methoxy groups -OCH3 is 2. The third kappa shape index (κ3) is 3.67. The van der Waals surface area contributed by atoms with E-state index in [1.807, 2.05) is 30.3 Å². The Morgan fingerprint density at radius 3 is 2.64 bits per heavy atom. The standard InChI is InChI=1S/C19H17ClN2O3/c1-24-16-11-17(25-2)15(10-14(16)20)22-18(23)9-13-6-3-5-12-7-4-8-21-19(12)13/h3-8,10-11H,9H2,1-2H3,(H,22,23). The quantitative estimate of drug-likeness (QED) is 0.748. The number of para-hydroxylation sites is 1. The van der Waals surface area contributed by atoms with Gasteiger partial charge in [-0.25, -0.2) is 0 Å². The van der Waals surface area contributed by atoms with Gasteiger partial charge < -0.3 is 14.8 Å². The minimum Gasteiger partial charge on any atom is -0.495 e. The van der Waals surface area contributed by atoms with Gasteiger partial charge in [-0.2, -0.15) is 0 Å². The van der Waals surface area contributed by atoms with Gasteiger partial charge in [0.2, 0.25) is 5.91 Å². The number of nitrogens with one attached hydrogen (secondary N) is 1. The van der Waals surface area contributed by atoms with Crippen LogP contribution in [0.3, 0.4) is 0 Å². The van der Waals surface area contributed by atoms with E-state index in [1.165, 1.54) is 14.2 Å². The number of ether oxygens (including phenoxy) is 2. The fraction of sp³-hybridized carbons (Fsp3) is 0.158. The number of carbonyl (C=O) groups excluding carboxylic acids is 1. The van der Waals surface area contributed by atoms with E-state index in [-0.39, 0.29) is 12.3 Å². The highest BCUT2D eigenvalue weighted by atomic mass is 35.5. The maximum atomic E-state index is 12.5. The molecule has 0 radical (unpaired) electrons. The number of halogens is 1. The minimum absolute atomic E-state index is 0.183. The molecule has 0 aliphatic carbocycles. The van der Waals surface area contributed by atoms with Crippen LogP contribution in [0.1, 0.15) is 5.56 Å². The number of pyridine rings is 1. The molecule has 0 bridgehead atoms. The zero-order valence-electron chi connectivity index (χ0n) is 13.9. The second-order valence-corrected chi connectivity index (χ2v) is 5.81. The zero-order valence-corrected chi connectivity index (χ0v) is 14.6. The molecule has 1 heterocycles. The van der Waals surface area contributed by atoms with E-state index in [2.05, 4.69) is 10.3 Å². The van der Waals surface area contributed by atoms with E-state index in [9.17, 15) is 4.79 Å². The van der Waals surface area contributed by atoms with Crippen molar-refractivity contribution in [2.45, 2.75) is 6.42 Å². The first-order chi connectivity index (χ1) is 12.1. The molecule has 1 amide bonds. The topological polar surface area (TPSA) is 60.5 Å². The van der Waals surface area contributed by atoms with Crippen molar-refractivity contribution in [3.63, 3.8) is 0 Å². The van der Waals surface area contributed by atoms with Crippen molar-refractivity contribution >= 4 is 34.1 Å². The van der Waals surface area contributed by atoms with E-state index in [0.717, 1.165) is 16.5 Å². The number of amides is 1. The van der Waals surface area contributed by atoms with E-state index in [4.69, 9.17) is 21.1 Å². The molecule has 0 aliphatic heterocycles. The fourth-order valence-corrected chi connectivity index (χ4v) is 2.88. The SMILES string of the molecule is COc1cc(OC)c(NC(=O)Cc2cccc3cccnc23)cc1Cl. The molecule has 128 valence electrons. The summed E-state index contributed by atoms with van der Waals surface area (Å²) in [5.74, 6) is 0.776. The summed E-state index contributed by atoms with van der Waals surface area (Å²) < 4.78 is 10.5. The maximum absolute atomic E-state index is 12.5. The molecule has 25 heavy (non-hydrogen) atoms. The Morgan fingerprint density at radius 2 is 1.88 bits per heavy atom. The average Bonchev–Trinajstić information content (AvgIpc) is 2.62. The average molecular weight is 357 g/mol. The first-order valence-electron chi connectivity index (χ1n) is 7.66. The second kappa shape index (κ2) is 7.40. The molecule has 3 aromatic rings. The number of carbonyl (C=O) groups is 1. The summed E-state index contributed by atoms with van der Waals surface area (Å²) in [7, 11) is 3.04. The smallest absolute Gasteiger partial charge is 0.228 e. The Hall–Kier alpha value is -2.79. The monoisotopic (exact) mass is 356 g/mol. The molecule has 3 rings (SSSR count). The first kappa shape index (κ1) is 17.0. The summed E-state index contributed by atoms with van der Waals surface area (Å²) >= 11 is 6.14. The van der Waals surface area contributed by atoms with Gasteiger partial charge in [0.05, 0.1) is 36.9 Å². The molecule has 0 spiro atoms. The number of rotatable bonds is 5. The van der Waals surface area contributed by atoms with Gasteiger partial charge in [0.15, 0.2) is 0 Å². The van der Waals surface area contributed by atoms with Gasteiger partial charge in [-0.05, 0) is 17.7 Å². The molecule has 0 fully saturated rings. The maximum Gasteiger partial charge on any atom is 0.228 e. The van der Waals surface area contributed by atoms with Gasteiger partial charge in [0.25, 0.3) is 0 Å². The van der Waals surface area contributed by atoms with E-state index >= 15 is 0 Å². The molecule has 0 saturated heterocycles. The van der Waals surface area contributed by atoms with Crippen LogP contribution in [0.2, 0.25) is 5.02 Å². The zero-order chi connectivity index (χ0) is 17.8. The van der Waals surface area contributed by atoms with Crippen LogP contribution in [0.5, 0.6) is 11.5 Å². The molecule has 1 aromatic heterocycles. The number of hydrogen-bond acceptors (Lipinski definition) is 4. The van der Waals surface area contributed by atoms with Crippen molar-refractivity contribution in [3.8, 4) is 11.5 Å². The Balaban J connectivity index is 1.84. The lowest BCUT2D eigenvalue weighted by atomic mass is 10.1. The van der Waals surface area contributed by atoms with Gasteiger partial charge >= 0.3 is 0 Å². The van der Waals surface area contributed by atoms with Crippen LogP contribution < -0.4 is 14.8 Å². The van der Waals surface area contributed by atoms with Crippen LogP contribution in [0, 0.1) is 0 Å². The van der Waals surface area contributed by atoms with Crippen molar-refractivity contribution in [3.05, 3.63) is 59.2 Å². The molecule has 5 nitrogen and oxygen atoms in total. The van der Waals surface area contributed by atoms with Gasteiger partial charge in [0, 0.05) is 17.6 Å². The van der Waals surface area contributed by atoms with Crippen LogP contribution in [0.4, 0.5) is 5.69 Å². The van der Waals surface area contributed by atoms with Crippen LogP contribution in [0.25, 0.3) is 10.9 Å². The second-order valence-electron chi connectivity index (χ2n) is 5.40. The highest BCUT2D eigenvalue weighted by Crippen LogP contribution is 2.36. The lowest BCUT2D eigenvalue weighted by Crippen LogP contribution is -2.15. The first-order valence-corrected chi connectivity index (χ1v) is 8.04. The van der Waals surface area contributed by atoms with E-state index in [0.29, 0.717) is 22.2 Å². The largest absolute Gasteiger partial charge is 0.495 e. The number of fused-ring (bicyclic) bond motifs is 1. The van der Waals surface area contributed by atoms with E-state index < -0.39 is 0 Å².